The number of aliphatic imine (C=N–C) groups is 1. The maximum absolute atomic E-state index is 5.24. The summed E-state index contributed by atoms with van der Waals surface area (Å²) in [5.74, 6) is 2.92. The van der Waals surface area contributed by atoms with Gasteiger partial charge in [-0.05, 0) is 13.8 Å². The lowest BCUT2D eigenvalue weighted by Gasteiger charge is -2.10. The second-order valence-electron chi connectivity index (χ2n) is 3.25. The number of ether oxygens (including phenoxy) is 1. The van der Waals surface area contributed by atoms with Gasteiger partial charge in [0.05, 0.1) is 13.2 Å². The van der Waals surface area contributed by atoms with Crippen molar-refractivity contribution in [2.75, 3.05) is 44.4 Å². The van der Waals surface area contributed by atoms with Gasteiger partial charge in [0.1, 0.15) is 0 Å². The summed E-state index contributed by atoms with van der Waals surface area (Å²) in [7, 11) is 0. The Kier molecular flexibility index (Phi) is 19.3. The molecule has 0 heterocycles. The summed E-state index contributed by atoms with van der Waals surface area (Å²) in [6, 6.07) is 0. The van der Waals surface area contributed by atoms with Gasteiger partial charge in [0.2, 0.25) is 0 Å². The van der Waals surface area contributed by atoms with Crippen LogP contribution in [0.3, 0.4) is 0 Å². The fourth-order valence-corrected chi connectivity index (χ4v) is 1.70. The number of thioether (sulfide) groups is 1. The topological polar surface area (TPSA) is 45.7 Å². The highest BCUT2D eigenvalue weighted by atomic mass is 127. The van der Waals surface area contributed by atoms with Crippen molar-refractivity contribution < 1.29 is 4.74 Å². The van der Waals surface area contributed by atoms with E-state index in [9.17, 15) is 0 Å². The van der Waals surface area contributed by atoms with E-state index in [-0.39, 0.29) is 24.0 Å². The molecule has 0 aromatic carbocycles. The van der Waals surface area contributed by atoms with Gasteiger partial charge in [-0.25, -0.2) is 0 Å². The van der Waals surface area contributed by atoms with Gasteiger partial charge in [-0.2, -0.15) is 11.8 Å². The molecule has 0 atom stereocenters. The van der Waals surface area contributed by atoms with Crippen LogP contribution in [0.1, 0.15) is 13.8 Å². The first-order chi connectivity index (χ1) is 8.35. The second kappa shape index (κ2) is 17.1. The molecule has 0 saturated heterocycles. The maximum Gasteiger partial charge on any atom is 0.191 e. The van der Waals surface area contributed by atoms with Crippen LogP contribution in [0.25, 0.3) is 0 Å². The standard InChI is InChI=1S/C12H25N3OS.HI/c1-4-10-17-11-8-15-12(13-5-2)14-7-9-16-6-3;/h4H,1,5-11H2,2-3H3,(H2,13,14,15);1H. The minimum absolute atomic E-state index is 0. The summed E-state index contributed by atoms with van der Waals surface area (Å²) in [4.78, 5) is 4.41. The Labute approximate surface area is 132 Å². The quantitative estimate of drug-likeness (QED) is 0.198. The van der Waals surface area contributed by atoms with Crippen LogP contribution in [0.15, 0.2) is 17.6 Å². The number of nitrogens with zero attached hydrogens (tertiary/aromatic N) is 1. The number of nitrogens with one attached hydrogen (secondary N) is 2. The van der Waals surface area contributed by atoms with Gasteiger partial charge < -0.3 is 15.4 Å². The first-order valence-electron chi connectivity index (χ1n) is 6.13. The fraction of sp³-hybridized carbons (Fsp3) is 0.750. The Balaban J connectivity index is 0. The van der Waals surface area contributed by atoms with E-state index in [1.165, 1.54) is 0 Å². The van der Waals surface area contributed by atoms with Gasteiger partial charge in [0, 0.05) is 31.2 Å². The minimum Gasteiger partial charge on any atom is -0.380 e. The Morgan fingerprint density at radius 2 is 2.17 bits per heavy atom. The van der Waals surface area contributed by atoms with E-state index in [1.54, 1.807) is 0 Å². The third kappa shape index (κ3) is 14.1. The molecule has 0 bridgehead atoms. The van der Waals surface area contributed by atoms with Gasteiger partial charge in [0.15, 0.2) is 5.96 Å². The van der Waals surface area contributed by atoms with Crippen LogP contribution in [0, 0.1) is 0 Å². The zero-order valence-electron chi connectivity index (χ0n) is 11.4. The van der Waals surface area contributed by atoms with Crippen molar-refractivity contribution in [1.82, 2.24) is 10.6 Å². The molecular weight excluding hydrogens is 361 g/mol. The molecule has 0 aliphatic carbocycles. The van der Waals surface area contributed by atoms with Crippen LogP contribution in [-0.2, 0) is 4.74 Å². The first-order valence-corrected chi connectivity index (χ1v) is 7.29. The zero-order valence-corrected chi connectivity index (χ0v) is 14.6. The molecule has 0 aromatic rings. The monoisotopic (exact) mass is 387 g/mol. The predicted octanol–water partition coefficient (Wildman–Crippen LogP) is 2.12. The lowest BCUT2D eigenvalue weighted by atomic mass is 10.6. The smallest absolute Gasteiger partial charge is 0.191 e. The van der Waals surface area contributed by atoms with E-state index in [1.807, 2.05) is 24.8 Å². The van der Waals surface area contributed by atoms with Crippen LogP contribution in [0.5, 0.6) is 0 Å². The highest BCUT2D eigenvalue weighted by molar-refractivity contribution is 14.0. The lowest BCUT2D eigenvalue weighted by molar-refractivity contribution is 0.155. The van der Waals surface area contributed by atoms with Gasteiger partial charge in [0.25, 0.3) is 0 Å². The van der Waals surface area contributed by atoms with Gasteiger partial charge in [-0.15, -0.1) is 30.6 Å². The molecule has 0 spiro atoms. The molecule has 2 N–H and O–H groups in total. The Morgan fingerprint density at radius 3 is 2.78 bits per heavy atom. The number of rotatable bonds is 10. The van der Waals surface area contributed by atoms with Crippen LogP contribution in [0.4, 0.5) is 0 Å². The van der Waals surface area contributed by atoms with E-state index in [0.717, 1.165) is 37.2 Å². The maximum atomic E-state index is 5.24. The number of hydrogen-bond donors (Lipinski definition) is 2. The van der Waals surface area contributed by atoms with Crippen molar-refractivity contribution in [2.45, 2.75) is 13.8 Å². The summed E-state index contributed by atoms with van der Waals surface area (Å²) < 4.78 is 5.24. The summed E-state index contributed by atoms with van der Waals surface area (Å²) in [6.07, 6.45) is 1.92. The Bertz CT molecular complexity index is 215. The van der Waals surface area contributed by atoms with Gasteiger partial charge >= 0.3 is 0 Å². The third-order valence-corrected chi connectivity index (χ3v) is 2.79. The summed E-state index contributed by atoms with van der Waals surface area (Å²) in [5.41, 5.74) is 0. The molecule has 0 fully saturated rings. The number of guanidine groups is 1. The van der Waals surface area contributed by atoms with Crippen molar-refractivity contribution >= 4 is 41.7 Å². The number of hydrogen-bond acceptors (Lipinski definition) is 3. The van der Waals surface area contributed by atoms with E-state index in [2.05, 4.69) is 29.1 Å². The fourth-order valence-electron chi connectivity index (χ4n) is 1.12. The van der Waals surface area contributed by atoms with Gasteiger partial charge in [-0.3, -0.25) is 4.99 Å². The van der Waals surface area contributed by atoms with Crippen molar-refractivity contribution in [2.24, 2.45) is 4.99 Å². The molecule has 0 rings (SSSR count). The second-order valence-corrected chi connectivity index (χ2v) is 4.40. The SMILES string of the molecule is C=CCSCCNC(=NCCOCC)NCC.I. The van der Waals surface area contributed by atoms with E-state index < -0.39 is 0 Å². The highest BCUT2D eigenvalue weighted by Crippen LogP contribution is 1.96. The molecule has 0 unspecified atom stereocenters. The molecule has 0 aliphatic heterocycles. The molecule has 6 heteroatoms. The minimum atomic E-state index is 0. The molecule has 4 nitrogen and oxygen atoms in total. The molecular formula is C12H26IN3OS. The van der Waals surface area contributed by atoms with Crippen molar-refractivity contribution in [3.8, 4) is 0 Å². The molecule has 0 saturated carbocycles. The van der Waals surface area contributed by atoms with E-state index in [0.29, 0.717) is 13.2 Å². The van der Waals surface area contributed by atoms with E-state index in [4.69, 9.17) is 4.74 Å². The van der Waals surface area contributed by atoms with Crippen LogP contribution in [0.2, 0.25) is 0 Å². The summed E-state index contributed by atoms with van der Waals surface area (Å²) >= 11 is 1.86. The predicted molar refractivity (Wildman–Crippen MR) is 93.4 cm³/mol. The molecule has 18 heavy (non-hydrogen) atoms. The Hall–Kier alpha value is 0.0500. The highest BCUT2D eigenvalue weighted by Gasteiger charge is 1.95. The van der Waals surface area contributed by atoms with Crippen molar-refractivity contribution in [3.05, 3.63) is 12.7 Å². The average Bonchev–Trinajstić information content (AvgIpc) is 2.34. The van der Waals surface area contributed by atoms with Gasteiger partial charge in [-0.1, -0.05) is 6.08 Å². The van der Waals surface area contributed by atoms with Crippen molar-refractivity contribution in [3.63, 3.8) is 0 Å². The molecule has 0 amide bonds. The third-order valence-electron chi connectivity index (χ3n) is 1.83. The molecule has 0 aliphatic rings. The number of halogens is 1. The molecule has 0 radical (unpaired) electrons. The van der Waals surface area contributed by atoms with Crippen LogP contribution >= 0.6 is 35.7 Å². The van der Waals surface area contributed by atoms with Crippen LogP contribution in [-0.4, -0.2) is 50.3 Å². The van der Waals surface area contributed by atoms with Crippen molar-refractivity contribution in [1.29, 1.82) is 0 Å². The summed E-state index contributed by atoms with van der Waals surface area (Å²) in [6.45, 7) is 11.7. The molecule has 108 valence electrons. The largest absolute Gasteiger partial charge is 0.380 e. The molecule has 0 aromatic heterocycles. The van der Waals surface area contributed by atoms with Crippen LogP contribution < -0.4 is 10.6 Å². The normalized spacial score (nSPS) is 10.7. The lowest BCUT2D eigenvalue weighted by Crippen LogP contribution is -2.38. The zero-order chi connectivity index (χ0) is 12.8. The Morgan fingerprint density at radius 1 is 1.39 bits per heavy atom. The average molecular weight is 387 g/mol. The van der Waals surface area contributed by atoms with E-state index >= 15 is 0 Å². The first kappa shape index (κ1) is 20.4. The summed E-state index contributed by atoms with van der Waals surface area (Å²) in [5, 5.41) is 6.49.